The predicted octanol–water partition coefficient (Wildman–Crippen LogP) is 3.24. The van der Waals surface area contributed by atoms with Crippen molar-refractivity contribution in [1.82, 2.24) is 9.88 Å². The minimum absolute atomic E-state index is 0.629. The summed E-state index contributed by atoms with van der Waals surface area (Å²) in [6.07, 6.45) is 10.0. The van der Waals surface area contributed by atoms with Crippen LogP contribution in [0.4, 0.5) is 5.82 Å². The zero-order valence-electron chi connectivity index (χ0n) is 14.9. The van der Waals surface area contributed by atoms with Gasteiger partial charge >= 0.3 is 0 Å². The summed E-state index contributed by atoms with van der Waals surface area (Å²) in [5.41, 5.74) is 5.01. The van der Waals surface area contributed by atoms with Crippen LogP contribution in [0.1, 0.15) is 66.8 Å². The van der Waals surface area contributed by atoms with E-state index in [0.717, 1.165) is 50.4 Å². The highest BCUT2D eigenvalue weighted by Crippen LogP contribution is 2.40. The van der Waals surface area contributed by atoms with E-state index in [0.29, 0.717) is 5.92 Å². The fourth-order valence-electron chi connectivity index (χ4n) is 4.75. The minimum atomic E-state index is 0.629. The third-order valence-electron chi connectivity index (χ3n) is 6.19. The molecule has 4 rings (SSSR count). The van der Waals surface area contributed by atoms with Gasteiger partial charge in [0.05, 0.1) is 5.56 Å². The molecule has 1 aliphatic heterocycles. The second kappa shape index (κ2) is 6.72. The van der Waals surface area contributed by atoms with Crippen molar-refractivity contribution in [3.63, 3.8) is 0 Å². The average molecular weight is 324 g/mol. The van der Waals surface area contributed by atoms with E-state index in [-0.39, 0.29) is 0 Å². The van der Waals surface area contributed by atoms with Crippen molar-refractivity contribution in [2.24, 2.45) is 0 Å². The highest BCUT2D eigenvalue weighted by atomic mass is 15.3. The fourth-order valence-corrected chi connectivity index (χ4v) is 4.75. The number of hydrogen-bond acceptors (Lipinski definition) is 4. The first-order chi connectivity index (χ1) is 11.8. The summed E-state index contributed by atoms with van der Waals surface area (Å²) in [6, 6.07) is 2.52. The van der Waals surface area contributed by atoms with E-state index < -0.39 is 0 Å². The lowest BCUT2D eigenvalue weighted by Crippen LogP contribution is -2.45. The van der Waals surface area contributed by atoms with Gasteiger partial charge in [-0.2, -0.15) is 5.26 Å². The first-order valence-corrected chi connectivity index (χ1v) is 9.67. The van der Waals surface area contributed by atoms with Crippen molar-refractivity contribution in [2.45, 2.75) is 57.3 Å². The number of piperazine rings is 1. The van der Waals surface area contributed by atoms with Crippen molar-refractivity contribution in [2.75, 3.05) is 38.1 Å². The largest absolute Gasteiger partial charge is 0.353 e. The Balaban J connectivity index is 1.76. The van der Waals surface area contributed by atoms with Crippen molar-refractivity contribution >= 4 is 5.82 Å². The Kier molecular flexibility index (Phi) is 4.45. The number of nitriles is 1. The van der Waals surface area contributed by atoms with E-state index in [2.05, 4.69) is 22.9 Å². The van der Waals surface area contributed by atoms with E-state index in [4.69, 9.17) is 4.98 Å². The first-order valence-electron chi connectivity index (χ1n) is 9.67. The zero-order valence-corrected chi connectivity index (χ0v) is 14.9. The van der Waals surface area contributed by atoms with Crippen LogP contribution in [-0.4, -0.2) is 43.1 Å². The van der Waals surface area contributed by atoms with E-state index in [1.807, 2.05) is 0 Å². The Morgan fingerprint density at radius 1 is 0.958 bits per heavy atom. The number of anilines is 1. The molecular weight excluding hydrogens is 296 g/mol. The van der Waals surface area contributed by atoms with Gasteiger partial charge in [-0.05, 0) is 50.3 Å². The molecule has 1 saturated carbocycles. The van der Waals surface area contributed by atoms with Crippen molar-refractivity contribution in [3.8, 4) is 6.07 Å². The maximum absolute atomic E-state index is 9.84. The molecule has 4 heteroatoms. The Morgan fingerprint density at radius 2 is 1.67 bits per heavy atom. The summed E-state index contributed by atoms with van der Waals surface area (Å²) in [5.74, 6) is 1.62. The molecule has 1 saturated heterocycles. The quantitative estimate of drug-likeness (QED) is 0.837. The topological polar surface area (TPSA) is 43.2 Å². The lowest BCUT2D eigenvalue weighted by Gasteiger charge is -2.35. The molecule has 1 aromatic rings. The minimum Gasteiger partial charge on any atom is -0.353 e. The molecule has 0 bridgehead atoms. The van der Waals surface area contributed by atoms with Crippen LogP contribution in [0, 0.1) is 11.3 Å². The summed E-state index contributed by atoms with van der Waals surface area (Å²) in [6.45, 7) is 4.09. The number of hydrogen-bond donors (Lipinski definition) is 0. The van der Waals surface area contributed by atoms with Crippen LogP contribution in [0.15, 0.2) is 0 Å². The number of aromatic nitrogens is 1. The fraction of sp³-hybridized carbons (Fsp3) is 0.700. The molecule has 0 radical (unpaired) electrons. The molecule has 24 heavy (non-hydrogen) atoms. The summed E-state index contributed by atoms with van der Waals surface area (Å²) in [7, 11) is 2.17. The van der Waals surface area contributed by atoms with Gasteiger partial charge in [-0.15, -0.1) is 0 Å². The second-order valence-corrected chi connectivity index (χ2v) is 7.74. The number of likely N-dealkylation sites (N-methyl/N-ethyl adjacent to an activating group) is 1. The number of fused-ring (bicyclic) bond motifs is 1. The maximum Gasteiger partial charge on any atom is 0.147 e. The zero-order chi connectivity index (χ0) is 16.5. The molecule has 1 aromatic heterocycles. The Bertz CT molecular complexity index is 647. The standard InChI is InChI=1S/C20H28N4/c1-23-10-12-24(13-11-23)20-18(14-21)16-8-5-9-17(16)19(22-20)15-6-3-2-4-7-15/h15H,2-13H2,1H3. The van der Waals surface area contributed by atoms with Crippen LogP contribution < -0.4 is 4.90 Å². The van der Waals surface area contributed by atoms with E-state index in [1.165, 1.54) is 55.3 Å². The molecular formula is C20H28N4. The Hall–Kier alpha value is -1.60. The molecule has 2 fully saturated rings. The van der Waals surface area contributed by atoms with Gasteiger partial charge in [0.1, 0.15) is 11.9 Å². The third kappa shape index (κ3) is 2.80. The van der Waals surface area contributed by atoms with Crippen molar-refractivity contribution < 1.29 is 0 Å². The van der Waals surface area contributed by atoms with Crippen LogP contribution in [0.3, 0.4) is 0 Å². The number of pyridine rings is 1. The third-order valence-corrected chi connectivity index (χ3v) is 6.19. The molecule has 0 amide bonds. The van der Waals surface area contributed by atoms with Gasteiger partial charge in [-0.25, -0.2) is 4.98 Å². The van der Waals surface area contributed by atoms with Gasteiger partial charge in [0.25, 0.3) is 0 Å². The molecule has 0 spiro atoms. The summed E-state index contributed by atoms with van der Waals surface area (Å²) in [5, 5.41) is 9.84. The van der Waals surface area contributed by atoms with Gasteiger partial charge in [-0.3, -0.25) is 0 Å². The summed E-state index contributed by atoms with van der Waals surface area (Å²) >= 11 is 0. The monoisotopic (exact) mass is 324 g/mol. The van der Waals surface area contributed by atoms with Gasteiger partial charge in [-0.1, -0.05) is 19.3 Å². The normalized spacial score (nSPS) is 22.4. The van der Waals surface area contributed by atoms with Crippen molar-refractivity contribution in [3.05, 3.63) is 22.4 Å². The van der Waals surface area contributed by atoms with Crippen LogP contribution in [0.25, 0.3) is 0 Å². The molecule has 0 N–H and O–H groups in total. The van der Waals surface area contributed by atoms with E-state index >= 15 is 0 Å². The summed E-state index contributed by atoms with van der Waals surface area (Å²) < 4.78 is 0. The average Bonchev–Trinajstić information content (AvgIpc) is 3.11. The van der Waals surface area contributed by atoms with Gasteiger partial charge < -0.3 is 9.80 Å². The molecule has 4 nitrogen and oxygen atoms in total. The lowest BCUT2D eigenvalue weighted by molar-refractivity contribution is 0.311. The molecule has 2 aliphatic carbocycles. The molecule has 0 aromatic carbocycles. The van der Waals surface area contributed by atoms with Crippen LogP contribution in [0.5, 0.6) is 0 Å². The molecule has 0 atom stereocenters. The molecule has 3 aliphatic rings. The van der Waals surface area contributed by atoms with E-state index in [1.54, 1.807) is 0 Å². The predicted molar refractivity (Wildman–Crippen MR) is 96.5 cm³/mol. The SMILES string of the molecule is CN1CCN(c2nc(C3CCCCC3)c3c(c2C#N)CCC3)CC1. The maximum atomic E-state index is 9.84. The number of rotatable bonds is 2. The molecule has 0 unspecified atom stereocenters. The van der Waals surface area contributed by atoms with E-state index in [9.17, 15) is 5.26 Å². The highest BCUT2D eigenvalue weighted by molar-refractivity contribution is 5.62. The smallest absolute Gasteiger partial charge is 0.147 e. The molecule has 2 heterocycles. The second-order valence-electron chi connectivity index (χ2n) is 7.74. The van der Waals surface area contributed by atoms with Gasteiger partial charge in [0.2, 0.25) is 0 Å². The number of nitrogens with zero attached hydrogens (tertiary/aromatic N) is 4. The highest BCUT2D eigenvalue weighted by Gasteiger charge is 2.30. The summed E-state index contributed by atoms with van der Waals surface area (Å²) in [4.78, 5) is 9.90. The van der Waals surface area contributed by atoms with Crippen molar-refractivity contribution in [1.29, 1.82) is 5.26 Å². The lowest BCUT2D eigenvalue weighted by atomic mass is 9.84. The van der Waals surface area contributed by atoms with Gasteiger partial charge in [0.15, 0.2) is 0 Å². The van der Waals surface area contributed by atoms with Crippen LogP contribution in [0.2, 0.25) is 0 Å². The van der Waals surface area contributed by atoms with Gasteiger partial charge in [0, 0.05) is 37.8 Å². The molecule has 128 valence electrons. The van der Waals surface area contributed by atoms with Crippen LogP contribution >= 0.6 is 0 Å². The Morgan fingerprint density at radius 3 is 2.38 bits per heavy atom. The Labute approximate surface area is 145 Å². The van der Waals surface area contributed by atoms with Crippen LogP contribution in [-0.2, 0) is 12.8 Å². The first kappa shape index (κ1) is 15.9.